The number of halogens is 2. The number of nitrogens with one attached hydrogen (secondary N) is 2. The van der Waals surface area contributed by atoms with Crippen LogP contribution in [0.2, 0.25) is 10.0 Å². The molecule has 0 aliphatic heterocycles. The van der Waals surface area contributed by atoms with Crippen LogP contribution in [0.3, 0.4) is 0 Å². The monoisotopic (exact) mass is 353 g/mol. The molecule has 120 valence electrons. The minimum atomic E-state index is -0.490. The van der Waals surface area contributed by atoms with Crippen molar-refractivity contribution in [2.24, 2.45) is 0 Å². The first-order valence-electron chi connectivity index (χ1n) is 6.60. The number of benzene rings is 2. The van der Waals surface area contributed by atoms with E-state index < -0.39 is 4.92 Å². The van der Waals surface area contributed by atoms with Gasteiger partial charge in [0.05, 0.1) is 22.2 Å². The third-order valence-electron chi connectivity index (χ3n) is 3.07. The Kier molecular flexibility index (Phi) is 5.41. The van der Waals surface area contributed by atoms with Gasteiger partial charge in [-0.25, -0.2) is 0 Å². The zero-order valence-corrected chi connectivity index (χ0v) is 13.6. The third kappa shape index (κ3) is 4.58. The number of aryl methyl sites for hydroxylation is 1. The molecule has 6 nitrogen and oxygen atoms in total. The van der Waals surface area contributed by atoms with E-state index >= 15 is 0 Å². The molecule has 23 heavy (non-hydrogen) atoms. The fourth-order valence-electron chi connectivity index (χ4n) is 1.88. The van der Waals surface area contributed by atoms with Crippen LogP contribution in [-0.4, -0.2) is 17.4 Å². The maximum Gasteiger partial charge on any atom is 0.271 e. The minimum Gasteiger partial charge on any atom is -0.376 e. The molecule has 0 aliphatic carbocycles. The van der Waals surface area contributed by atoms with E-state index in [-0.39, 0.29) is 18.1 Å². The van der Waals surface area contributed by atoms with Gasteiger partial charge in [0.1, 0.15) is 0 Å². The first kappa shape index (κ1) is 17.1. The smallest absolute Gasteiger partial charge is 0.271 e. The number of hydrogen-bond acceptors (Lipinski definition) is 4. The van der Waals surface area contributed by atoms with Crippen LogP contribution in [0.15, 0.2) is 36.4 Å². The maximum atomic E-state index is 12.0. The summed E-state index contributed by atoms with van der Waals surface area (Å²) in [6, 6.07) is 9.15. The molecule has 0 spiro atoms. The van der Waals surface area contributed by atoms with E-state index in [4.69, 9.17) is 23.2 Å². The molecule has 0 unspecified atom stereocenters. The summed E-state index contributed by atoms with van der Waals surface area (Å²) in [5, 5.41) is 17.1. The Morgan fingerprint density at radius 1 is 1.17 bits per heavy atom. The average Bonchev–Trinajstić information content (AvgIpc) is 2.50. The van der Waals surface area contributed by atoms with Crippen molar-refractivity contribution in [2.45, 2.75) is 6.92 Å². The fraction of sp³-hybridized carbons (Fsp3) is 0.133. The predicted molar refractivity (Wildman–Crippen MR) is 91.4 cm³/mol. The maximum absolute atomic E-state index is 12.0. The highest BCUT2D eigenvalue weighted by Crippen LogP contribution is 2.25. The lowest BCUT2D eigenvalue weighted by atomic mass is 10.2. The van der Waals surface area contributed by atoms with Gasteiger partial charge in [-0.1, -0.05) is 29.3 Å². The summed E-state index contributed by atoms with van der Waals surface area (Å²) in [4.78, 5) is 22.3. The first-order valence-corrected chi connectivity index (χ1v) is 7.36. The van der Waals surface area contributed by atoms with Crippen LogP contribution in [0.25, 0.3) is 0 Å². The van der Waals surface area contributed by atoms with Crippen LogP contribution in [0.5, 0.6) is 0 Å². The van der Waals surface area contributed by atoms with Crippen LogP contribution >= 0.6 is 23.2 Å². The minimum absolute atomic E-state index is 0.0450. The largest absolute Gasteiger partial charge is 0.376 e. The molecule has 0 bridgehead atoms. The van der Waals surface area contributed by atoms with Crippen LogP contribution in [0.1, 0.15) is 5.56 Å². The van der Waals surface area contributed by atoms with Crippen LogP contribution in [0, 0.1) is 17.0 Å². The van der Waals surface area contributed by atoms with Gasteiger partial charge in [-0.15, -0.1) is 0 Å². The topological polar surface area (TPSA) is 84.3 Å². The van der Waals surface area contributed by atoms with Crippen molar-refractivity contribution in [3.05, 3.63) is 62.1 Å². The van der Waals surface area contributed by atoms with Crippen molar-refractivity contribution >= 4 is 46.2 Å². The van der Waals surface area contributed by atoms with Gasteiger partial charge in [0.15, 0.2) is 0 Å². The zero-order chi connectivity index (χ0) is 17.0. The van der Waals surface area contributed by atoms with Crippen molar-refractivity contribution in [2.75, 3.05) is 17.2 Å². The Balaban J connectivity index is 2.03. The Morgan fingerprint density at radius 2 is 1.91 bits per heavy atom. The molecule has 2 rings (SSSR count). The molecule has 8 heteroatoms. The first-order chi connectivity index (χ1) is 10.9. The predicted octanol–water partition coefficient (Wildman–Crippen LogP) is 4.26. The molecule has 0 fully saturated rings. The van der Waals surface area contributed by atoms with Gasteiger partial charge >= 0.3 is 0 Å². The van der Waals surface area contributed by atoms with Crippen LogP contribution < -0.4 is 10.6 Å². The highest BCUT2D eigenvalue weighted by Gasteiger charge is 2.11. The molecule has 2 N–H and O–H groups in total. The van der Waals surface area contributed by atoms with E-state index in [1.807, 2.05) is 0 Å². The van der Waals surface area contributed by atoms with Crippen molar-refractivity contribution in [1.82, 2.24) is 0 Å². The second-order valence-corrected chi connectivity index (χ2v) is 5.63. The molecule has 0 aromatic heterocycles. The third-order valence-corrected chi connectivity index (χ3v) is 3.64. The summed E-state index contributed by atoms with van der Waals surface area (Å²) < 4.78 is 0. The van der Waals surface area contributed by atoms with Crippen molar-refractivity contribution in [3.8, 4) is 0 Å². The number of nitrogens with zero attached hydrogens (tertiary/aromatic N) is 1. The molecule has 1 amide bonds. The molecular formula is C15H13Cl2N3O3. The Labute approximate surface area is 142 Å². The average molecular weight is 354 g/mol. The lowest BCUT2D eigenvalue weighted by Crippen LogP contribution is -2.22. The van der Waals surface area contributed by atoms with E-state index in [1.165, 1.54) is 12.1 Å². The molecule has 0 radical (unpaired) electrons. The second kappa shape index (κ2) is 7.30. The van der Waals surface area contributed by atoms with Gasteiger partial charge in [-0.3, -0.25) is 14.9 Å². The highest BCUT2D eigenvalue weighted by atomic mass is 35.5. The number of nitro groups is 1. The van der Waals surface area contributed by atoms with E-state index in [1.54, 1.807) is 31.2 Å². The highest BCUT2D eigenvalue weighted by molar-refractivity contribution is 6.35. The lowest BCUT2D eigenvalue weighted by molar-refractivity contribution is -0.384. The van der Waals surface area contributed by atoms with Crippen LogP contribution in [-0.2, 0) is 4.79 Å². The number of amides is 1. The number of hydrogen-bond donors (Lipinski definition) is 2. The van der Waals surface area contributed by atoms with Crippen molar-refractivity contribution in [3.63, 3.8) is 0 Å². The SMILES string of the molecule is Cc1ccc([N+](=O)[O-])cc1NCC(=O)Nc1cc(Cl)ccc1Cl. The number of carbonyl (C=O) groups is 1. The van der Waals surface area contributed by atoms with Gasteiger partial charge in [-0.05, 0) is 30.7 Å². The number of nitro benzene ring substituents is 1. The van der Waals surface area contributed by atoms with Gasteiger partial charge in [-0.2, -0.15) is 0 Å². The summed E-state index contributed by atoms with van der Waals surface area (Å²) in [5.41, 5.74) is 1.67. The second-order valence-electron chi connectivity index (χ2n) is 4.78. The molecule has 0 saturated heterocycles. The number of carbonyl (C=O) groups excluding carboxylic acids is 1. The molecule has 2 aromatic carbocycles. The molecule has 0 saturated carbocycles. The molecular weight excluding hydrogens is 341 g/mol. The fourth-order valence-corrected chi connectivity index (χ4v) is 2.21. The van der Waals surface area contributed by atoms with E-state index in [0.717, 1.165) is 5.56 Å². The summed E-state index contributed by atoms with van der Waals surface area (Å²) in [5.74, 6) is -0.347. The normalized spacial score (nSPS) is 10.2. The summed E-state index contributed by atoms with van der Waals surface area (Å²) in [7, 11) is 0. The van der Waals surface area contributed by atoms with Crippen molar-refractivity contribution < 1.29 is 9.72 Å². The van der Waals surface area contributed by atoms with Gasteiger partial charge in [0, 0.05) is 22.8 Å². The standard InChI is InChI=1S/C15H13Cl2N3O3/c1-9-2-4-11(20(22)23)7-13(9)18-8-15(21)19-14-6-10(16)3-5-12(14)17/h2-7,18H,8H2,1H3,(H,19,21). The molecule has 0 atom stereocenters. The van der Waals surface area contributed by atoms with Crippen molar-refractivity contribution in [1.29, 1.82) is 0 Å². The van der Waals surface area contributed by atoms with E-state index in [2.05, 4.69) is 10.6 Å². The molecule has 0 heterocycles. The van der Waals surface area contributed by atoms with Gasteiger partial charge in [0.25, 0.3) is 5.69 Å². The summed E-state index contributed by atoms with van der Waals surface area (Å²) in [6.07, 6.45) is 0. The van der Waals surface area contributed by atoms with Gasteiger partial charge < -0.3 is 10.6 Å². The number of non-ortho nitro benzene ring substituents is 1. The number of anilines is 2. The van der Waals surface area contributed by atoms with E-state index in [0.29, 0.717) is 21.4 Å². The summed E-state index contributed by atoms with van der Waals surface area (Å²) in [6.45, 7) is 1.72. The molecule has 0 aliphatic rings. The quantitative estimate of drug-likeness (QED) is 0.621. The van der Waals surface area contributed by atoms with Gasteiger partial charge in [0.2, 0.25) is 5.91 Å². The Bertz CT molecular complexity index is 766. The number of rotatable bonds is 5. The zero-order valence-electron chi connectivity index (χ0n) is 12.1. The Morgan fingerprint density at radius 3 is 2.61 bits per heavy atom. The molecule has 2 aromatic rings. The summed E-state index contributed by atoms with van der Waals surface area (Å²) >= 11 is 11.8. The lowest BCUT2D eigenvalue weighted by Gasteiger charge is -2.11. The Hall–Kier alpha value is -2.31. The van der Waals surface area contributed by atoms with E-state index in [9.17, 15) is 14.9 Å². The van der Waals surface area contributed by atoms with Crippen LogP contribution in [0.4, 0.5) is 17.1 Å².